The highest BCUT2D eigenvalue weighted by Crippen LogP contribution is 2.29. The number of carboxylic acids is 1. The molecule has 0 amide bonds. The Labute approximate surface area is 210 Å². The minimum absolute atomic E-state index is 0.00603. The number of methoxy groups -OCH3 is 1. The second-order valence-electron chi connectivity index (χ2n) is 8.04. The third kappa shape index (κ3) is 7.05. The highest BCUT2D eigenvalue weighted by Gasteiger charge is 2.40. The van der Waals surface area contributed by atoms with Crippen LogP contribution < -0.4 is 9.46 Å². The number of halogens is 1. The van der Waals surface area contributed by atoms with Crippen LogP contribution in [0.25, 0.3) is 0 Å². The van der Waals surface area contributed by atoms with E-state index in [0.717, 1.165) is 0 Å². The first-order valence-electron chi connectivity index (χ1n) is 10.8. The molecule has 2 N–H and O–H groups in total. The number of ether oxygens (including phenoxy) is 1. The summed E-state index contributed by atoms with van der Waals surface area (Å²) in [5, 5.41) is 9.19. The molecule has 0 radical (unpaired) electrons. The predicted molar refractivity (Wildman–Crippen MR) is 131 cm³/mol. The Hall–Kier alpha value is -2.44. The number of carbonyl (C=O) groups is 1. The van der Waals surface area contributed by atoms with Crippen LogP contribution >= 0.6 is 11.6 Å². The lowest BCUT2D eigenvalue weighted by Crippen LogP contribution is -2.39. The van der Waals surface area contributed by atoms with Crippen LogP contribution in [0.15, 0.2) is 70.5 Å². The second-order valence-corrected chi connectivity index (χ2v) is 12.1. The highest BCUT2D eigenvalue weighted by molar-refractivity contribution is 7.89. The molecule has 1 aliphatic heterocycles. The standard InChI is InChI=1S/C23H27ClN2O7S2/c1-33-20-9-13-21(14-10-20)34(29,30)25-18-15-19(5-3-2-4-6-23(27)28)26(16-18)35(31,32)22-11-7-17(24)8-12-22/h3,5,7-14,18-19,25H,2,4,6,15-16H2,1H3,(H,27,28)/b5-3-/t18-,19-/m1/s1. The van der Waals surface area contributed by atoms with Crippen LogP contribution in [0.2, 0.25) is 5.02 Å². The molecule has 3 rings (SSSR count). The molecule has 2 aromatic rings. The van der Waals surface area contributed by atoms with Gasteiger partial charge in [0.2, 0.25) is 20.0 Å². The largest absolute Gasteiger partial charge is 0.497 e. The first kappa shape index (κ1) is 27.2. The average molecular weight is 543 g/mol. The number of nitrogens with one attached hydrogen (secondary N) is 1. The minimum Gasteiger partial charge on any atom is -0.497 e. The maximum atomic E-state index is 13.4. The van der Waals surface area contributed by atoms with Crippen molar-refractivity contribution in [2.75, 3.05) is 13.7 Å². The van der Waals surface area contributed by atoms with E-state index in [1.165, 1.54) is 59.9 Å². The number of hydrogen-bond acceptors (Lipinski definition) is 6. The quantitative estimate of drug-likeness (QED) is 0.329. The van der Waals surface area contributed by atoms with Crippen LogP contribution in [0.4, 0.5) is 0 Å². The van der Waals surface area contributed by atoms with E-state index >= 15 is 0 Å². The zero-order valence-corrected chi connectivity index (χ0v) is 21.4. The summed E-state index contributed by atoms with van der Waals surface area (Å²) in [5.74, 6) is -0.391. The summed E-state index contributed by atoms with van der Waals surface area (Å²) in [4.78, 5) is 10.8. The van der Waals surface area contributed by atoms with Crippen molar-refractivity contribution in [3.63, 3.8) is 0 Å². The Bertz CT molecular complexity index is 1260. The van der Waals surface area contributed by atoms with Gasteiger partial charge in [0.15, 0.2) is 0 Å². The molecule has 1 heterocycles. The van der Waals surface area contributed by atoms with Gasteiger partial charge in [-0.15, -0.1) is 0 Å². The van der Waals surface area contributed by atoms with Crippen LogP contribution in [0, 0.1) is 0 Å². The van der Waals surface area contributed by atoms with Gasteiger partial charge in [0.05, 0.1) is 16.9 Å². The molecule has 0 aromatic heterocycles. The molecule has 0 bridgehead atoms. The number of hydrogen-bond donors (Lipinski definition) is 2. The fraction of sp³-hybridized carbons (Fsp3) is 0.348. The van der Waals surface area contributed by atoms with Crippen molar-refractivity contribution >= 4 is 37.6 Å². The van der Waals surface area contributed by atoms with Crippen LogP contribution in [0.1, 0.15) is 25.7 Å². The summed E-state index contributed by atoms with van der Waals surface area (Å²) in [6.45, 7) is -0.0650. The van der Waals surface area contributed by atoms with E-state index in [4.69, 9.17) is 21.4 Å². The summed E-state index contributed by atoms with van der Waals surface area (Å²) in [6.07, 6.45) is 4.52. The van der Waals surface area contributed by atoms with E-state index in [9.17, 15) is 21.6 Å². The molecule has 0 saturated carbocycles. The van der Waals surface area contributed by atoms with Crippen molar-refractivity contribution in [3.05, 3.63) is 65.7 Å². The van der Waals surface area contributed by atoms with E-state index in [0.29, 0.717) is 23.6 Å². The van der Waals surface area contributed by atoms with Crippen LogP contribution in [0.3, 0.4) is 0 Å². The van der Waals surface area contributed by atoms with Crippen LogP contribution in [-0.2, 0) is 24.8 Å². The number of benzene rings is 2. The Kier molecular flexibility index (Phi) is 8.94. The Balaban J connectivity index is 1.82. The molecular weight excluding hydrogens is 516 g/mol. The molecular formula is C23H27ClN2O7S2. The molecule has 1 aliphatic rings. The lowest BCUT2D eigenvalue weighted by molar-refractivity contribution is -0.137. The third-order valence-electron chi connectivity index (χ3n) is 5.53. The fourth-order valence-electron chi connectivity index (χ4n) is 3.78. The van der Waals surface area contributed by atoms with Crippen LogP contribution in [-0.4, -0.2) is 58.0 Å². The number of aliphatic carboxylic acids is 1. The van der Waals surface area contributed by atoms with Crippen molar-refractivity contribution in [1.82, 2.24) is 9.03 Å². The molecule has 9 nitrogen and oxygen atoms in total. The van der Waals surface area contributed by atoms with E-state index < -0.39 is 38.1 Å². The topological polar surface area (TPSA) is 130 Å². The molecule has 1 fully saturated rings. The summed E-state index contributed by atoms with van der Waals surface area (Å²) < 4.78 is 61.5. The molecule has 35 heavy (non-hydrogen) atoms. The Morgan fingerprint density at radius 3 is 2.34 bits per heavy atom. The summed E-state index contributed by atoms with van der Waals surface area (Å²) in [5.41, 5.74) is 0. The molecule has 190 valence electrons. The van der Waals surface area contributed by atoms with E-state index in [2.05, 4.69) is 4.72 Å². The van der Waals surface area contributed by atoms with Gasteiger partial charge in [0.25, 0.3) is 0 Å². The van der Waals surface area contributed by atoms with E-state index in [1.807, 2.05) is 0 Å². The van der Waals surface area contributed by atoms with Crippen molar-refractivity contribution in [3.8, 4) is 5.75 Å². The molecule has 2 atom stereocenters. The molecule has 0 aliphatic carbocycles. The Morgan fingerprint density at radius 2 is 1.74 bits per heavy atom. The monoisotopic (exact) mass is 542 g/mol. The summed E-state index contributed by atoms with van der Waals surface area (Å²) in [7, 11) is -6.37. The van der Waals surface area contributed by atoms with Gasteiger partial charge in [-0.1, -0.05) is 23.8 Å². The number of sulfonamides is 2. The van der Waals surface area contributed by atoms with Crippen molar-refractivity contribution in [1.29, 1.82) is 0 Å². The van der Waals surface area contributed by atoms with Crippen LogP contribution in [0.5, 0.6) is 5.75 Å². The smallest absolute Gasteiger partial charge is 0.303 e. The highest BCUT2D eigenvalue weighted by atomic mass is 35.5. The molecule has 0 unspecified atom stereocenters. The zero-order chi connectivity index (χ0) is 25.6. The Morgan fingerprint density at radius 1 is 1.11 bits per heavy atom. The van der Waals surface area contributed by atoms with Gasteiger partial charge in [-0.25, -0.2) is 21.6 Å². The molecule has 1 saturated heterocycles. The number of carboxylic acid groups (broad SMARTS) is 1. The average Bonchev–Trinajstić information content (AvgIpc) is 3.21. The van der Waals surface area contributed by atoms with Gasteiger partial charge in [-0.05, 0) is 67.8 Å². The first-order chi connectivity index (χ1) is 16.5. The predicted octanol–water partition coefficient (Wildman–Crippen LogP) is 3.27. The zero-order valence-electron chi connectivity index (χ0n) is 19.0. The van der Waals surface area contributed by atoms with Gasteiger partial charge in [0.1, 0.15) is 5.75 Å². The fourth-order valence-corrected chi connectivity index (χ4v) is 6.79. The third-order valence-corrected chi connectivity index (χ3v) is 9.22. The van der Waals surface area contributed by atoms with E-state index in [1.54, 1.807) is 12.2 Å². The van der Waals surface area contributed by atoms with Gasteiger partial charge in [-0.3, -0.25) is 4.79 Å². The number of unbranched alkanes of at least 4 members (excludes halogenated alkanes) is 1. The summed E-state index contributed by atoms with van der Waals surface area (Å²) >= 11 is 5.90. The van der Waals surface area contributed by atoms with E-state index in [-0.39, 0.29) is 29.2 Å². The first-order valence-corrected chi connectivity index (χ1v) is 14.2. The lowest BCUT2D eigenvalue weighted by Gasteiger charge is -2.22. The minimum atomic E-state index is -3.94. The number of rotatable bonds is 11. The van der Waals surface area contributed by atoms with Crippen molar-refractivity contribution < 1.29 is 31.5 Å². The normalized spacial score (nSPS) is 19.3. The second kappa shape index (κ2) is 11.5. The maximum absolute atomic E-state index is 13.4. The van der Waals surface area contributed by atoms with Gasteiger partial charge in [-0.2, -0.15) is 4.31 Å². The van der Waals surface area contributed by atoms with Gasteiger partial charge >= 0.3 is 5.97 Å². The maximum Gasteiger partial charge on any atom is 0.303 e. The van der Waals surface area contributed by atoms with Gasteiger partial charge in [0, 0.05) is 30.1 Å². The molecule has 12 heteroatoms. The number of allylic oxidation sites excluding steroid dienone is 1. The number of nitrogens with zero attached hydrogens (tertiary/aromatic N) is 1. The lowest BCUT2D eigenvalue weighted by atomic mass is 10.1. The summed E-state index contributed by atoms with van der Waals surface area (Å²) in [6, 6.07) is 10.4. The SMILES string of the molecule is COc1ccc(S(=O)(=O)N[C@@H]2C[C@@H](/C=C\CCCC(=O)O)N(S(=O)(=O)c3ccc(Cl)cc3)C2)cc1. The molecule has 0 spiro atoms. The molecule has 2 aromatic carbocycles. The van der Waals surface area contributed by atoms with Gasteiger partial charge < -0.3 is 9.84 Å². The van der Waals surface area contributed by atoms with Crippen molar-refractivity contribution in [2.24, 2.45) is 0 Å². The van der Waals surface area contributed by atoms with Crippen molar-refractivity contribution in [2.45, 2.75) is 47.6 Å².